The number of guanidine groups is 1. The number of hydrogen-bond acceptors (Lipinski definition) is 4. The van der Waals surface area contributed by atoms with Gasteiger partial charge < -0.3 is 15.5 Å². The van der Waals surface area contributed by atoms with Gasteiger partial charge in [0.25, 0.3) is 0 Å². The third-order valence-electron chi connectivity index (χ3n) is 4.73. The number of nitrogens with one attached hydrogen (secondary N) is 2. The van der Waals surface area contributed by atoms with E-state index in [1.165, 1.54) is 16.0 Å². The van der Waals surface area contributed by atoms with Gasteiger partial charge in [-0.15, -0.1) is 35.3 Å². The topological polar surface area (TPSA) is 69.6 Å². The molecule has 1 aliphatic heterocycles. The molecule has 152 valence electrons. The summed E-state index contributed by atoms with van der Waals surface area (Å²) in [6.45, 7) is 7.07. The van der Waals surface area contributed by atoms with Crippen LogP contribution in [-0.2, 0) is 24.4 Å². The van der Waals surface area contributed by atoms with Crippen molar-refractivity contribution in [2.75, 3.05) is 13.6 Å². The Bertz CT molecular complexity index is 799. The van der Waals surface area contributed by atoms with Gasteiger partial charge in [0, 0.05) is 38.0 Å². The molecule has 0 radical (unpaired) electrons. The zero-order valence-corrected chi connectivity index (χ0v) is 19.8. The molecule has 8 heteroatoms. The maximum absolute atomic E-state index is 11.7. The van der Waals surface area contributed by atoms with Crippen molar-refractivity contribution in [2.24, 2.45) is 4.99 Å². The molecule has 1 saturated heterocycles. The minimum atomic E-state index is 0. The van der Waals surface area contributed by atoms with Gasteiger partial charge in [-0.2, -0.15) is 0 Å². The van der Waals surface area contributed by atoms with Crippen LogP contribution >= 0.6 is 35.3 Å². The van der Waals surface area contributed by atoms with Crippen LogP contribution in [0.5, 0.6) is 0 Å². The summed E-state index contributed by atoms with van der Waals surface area (Å²) in [5, 5.41) is 7.70. The van der Waals surface area contributed by atoms with E-state index >= 15 is 0 Å². The van der Waals surface area contributed by atoms with Crippen molar-refractivity contribution in [3.8, 4) is 0 Å². The zero-order chi connectivity index (χ0) is 19.2. The number of amides is 1. The van der Waals surface area contributed by atoms with Gasteiger partial charge in [-0.1, -0.05) is 24.3 Å². The number of halogens is 1. The van der Waals surface area contributed by atoms with Crippen molar-refractivity contribution < 1.29 is 4.79 Å². The Morgan fingerprint density at radius 3 is 2.43 bits per heavy atom. The molecule has 28 heavy (non-hydrogen) atoms. The van der Waals surface area contributed by atoms with E-state index in [4.69, 9.17) is 0 Å². The smallest absolute Gasteiger partial charge is 0.222 e. The molecule has 3 rings (SSSR count). The molecule has 0 aliphatic carbocycles. The molecule has 6 nitrogen and oxygen atoms in total. The van der Waals surface area contributed by atoms with E-state index < -0.39 is 0 Å². The molecule has 1 fully saturated rings. The van der Waals surface area contributed by atoms with Crippen molar-refractivity contribution in [1.29, 1.82) is 0 Å². The fraction of sp³-hybridized carbons (Fsp3) is 0.450. The van der Waals surface area contributed by atoms with E-state index in [0.717, 1.165) is 29.6 Å². The summed E-state index contributed by atoms with van der Waals surface area (Å²) in [6, 6.07) is 8.40. The highest BCUT2D eigenvalue weighted by atomic mass is 127. The maximum Gasteiger partial charge on any atom is 0.222 e. The lowest BCUT2D eigenvalue weighted by Gasteiger charge is -2.16. The predicted octanol–water partition coefficient (Wildman–Crippen LogP) is 3.37. The molecule has 1 aliphatic rings. The molecule has 1 aromatic heterocycles. The van der Waals surface area contributed by atoms with Crippen molar-refractivity contribution in [2.45, 2.75) is 46.3 Å². The predicted molar refractivity (Wildman–Crippen MR) is 125 cm³/mol. The lowest BCUT2D eigenvalue weighted by atomic mass is 10.1. The van der Waals surface area contributed by atoms with Gasteiger partial charge in [0.05, 0.1) is 12.2 Å². The summed E-state index contributed by atoms with van der Waals surface area (Å²) in [6.07, 6.45) is 1.67. The van der Waals surface area contributed by atoms with Crippen LogP contribution in [0.3, 0.4) is 0 Å². The first kappa shape index (κ1) is 22.6. The standard InChI is InChI=1S/C20H27N5OS.HI/c1-14-15(2)27-18(24-14)12-23-20(21-3)22-11-16-6-8-17(9-7-16)13-25-10-4-5-19(25)26;/h6-9H,4-5,10-13H2,1-3H3,(H2,21,22,23);1H. The van der Waals surface area contributed by atoms with Gasteiger partial charge in [-0.3, -0.25) is 9.79 Å². The molecule has 0 saturated carbocycles. The quantitative estimate of drug-likeness (QED) is 0.353. The zero-order valence-electron chi connectivity index (χ0n) is 16.6. The Morgan fingerprint density at radius 1 is 1.18 bits per heavy atom. The van der Waals surface area contributed by atoms with Gasteiger partial charge in [-0.05, 0) is 31.4 Å². The highest BCUT2D eigenvalue weighted by Gasteiger charge is 2.19. The van der Waals surface area contributed by atoms with Gasteiger partial charge in [-0.25, -0.2) is 4.98 Å². The average molecular weight is 513 g/mol. The number of nitrogens with zero attached hydrogens (tertiary/aromatic N) is 3. The molecular formula is C20H28IN5OS. The molecule has 0 unspecified atom stereocenters. The number of aliphatic imine (C=N–C) groups is 1. The number of carbonyl (C=O) groups is 1. The van der Waals surface area contributed by atoms with Gasteiger partial charge in [0.15, 0.2) is 5.96 Å². The van der Waals surface area contributed by atoms with E-state index in [0.29, 0.717) is 26.1 Å². The van der Waals surface area contributed by atoms with Crippen molar-refractivity contribution >= 4 is 47.2 Å². The summed E-state index contributed by atoms with van der Waals surface area (Å²) < 4.78 is 0. The van der Waals surface area contributed by atoms with Crippen molar-refractivity contribution in [3.63, 3.8) is 0 Å². The molecule has 0 spiro atoms. The van der Waals surface area contributed by atoms with E-state index in [9.17, 15) is 4.79 Å². The minimum Gasteiger partial charge on any atom is -0.352 e. The highest BCUT2D eigenvalue weighted by molar-refractivity contribution is 14.0. The summed E-state index contributed by atoms with van der Waals surface area (Å²) in [7, 11) is 1.77. The van der Waals surface area contributed by atoms with Crippen molar-refractivity contribution in [1.82, 2.24) is 20.5 Å². The van der Waals surface area contributed by atoms with Crippen molar-refractivity contribution in [3.05, 3.63) is 51.0 Å². The minimum absolute atomic E-state index is 0. The number of thiazole rings is 1. The van der Waals surface area contributed by atoms with Gasteiger partial charge in [0.2, 0.25) is 5.91 Å². The van der Waals surface area contributed by atoms with Gasteiger partial charge in [0.1, 0.15) is 5.01 Å². The maximum atomic E-state index is 11.7. The third kappa shape index (κ3) is 6.16. The molecule has 0 atom stereocenters. The fourth-order valence-electron chi connectivity index (χ4n) is 3.03. The Labute approximate surface area is 187 Å². The monoisotopic (exact) mass is 513 g/mol. The first-order chi connectivity index (χ1) is 13.0. The van der Waals surface area contributed by atoms with Crippen LogP contribution in [0.4, 0.5) is 0 Å². The number of carbonyl (C=O) groups excluding carboxylic acids is 1. The number of aromatic nitrogens is 1. The third-order valence-corrected chi connectivity index (χ3v) is 5.80. The van der Waals surface area contributed by atoms with Crippen LogP contribution in [0.1, 0.15) is 39.5 Å². The lowest BCUT2D eigenvalue weighted by Crippen LogP contribution is -2.36. The van der Waals surface area contributed by atoms with Crippen LogP contribution in [0.25, 0.3) is 0 Å². The Morgan fingerprint density at radius 2 is 1.86 bits per heavy atom. The molecule has 1 amide bonds. The van der Waals surface area contributed by atoms with E-state index in [1.807, 2.05) is 11.8 Å². The number of hydrogen-bond donors (Lipinski definition) is 2. The molecule has 2 N–H and O–H groups in total. The van der Waals surface area contributed by atoms with Gasteiger partial charge >= 0.3 is 0 Å². The van der Waals surface area contributed by atoms with E-state index in [-0.39, 0.29) is 29.9 Å². The second-order valence-electron chi connectivity index (χ2n) is 6.76. The van der Waals surface area contributed by atoms with E-state index in [2.05, 4.69) is 51.8 Å². The van der Waals surface area contributed by atoms with Crippen LogP contribution in [-0.4, -0.2) is 35.3 Å². The summed E-state index contributed by atoms with van der Waals surface area (Å²) in [5.74, 6) is 1.02. The normalized spacial score (nSPS) is 14.2. The van der Waals surface area contributed by atoms with Crippen LogP contribution < -0.4 is 10.6 Å². The molecular weight excluding hydrogens is 485 g/mol. The first-order valence-corrected chi connectivity index (χ1v) is 10.1. The lowest BCUT2D eigenvalue weighted by molar-refractivity contribution is -0.128. The Balaban J connectivity index is 0.00000280. The first-order valence-electron chi connectivity index (χ1n) is 9.28. The molecule has 2 aromatic rings. The SMILES string of the molecule is CN=C(NCc1ccc(CN2CCCC2=O)cc1)NCc1nc(C)c(C)s1.I. The van der Waals surface area contributed by atoms with E-state index in [1.54, 1.807) is 18.4 Å². The molecule has 1 aromatic carbocycles. The Hall–Kier alpha value is -1.68. The second-order valence-corrected chi connectivity index (χ2v) is 8.05. The number of likely N-dealkylation sites (tertiary alicyclic amines) is 1. The number of rotatable bonds is 6. The number of benzene rings is 1. The molecule has 0 bridgehead atoms. The second kappa shape index (κ2) is 10.8. The number of aryl methyl sites for hydroxylation is 2. The fourth-order valence-corrected chi connectivity index (χ4v) is 3.91. The summed E-state index contributed by atoms with van der Waals surface area (Å²) in [5.41, 5.74) is 3.44. The van der Waals surface area contributed by atoms with Crippen LogP contribution in [0.15, 0.2) is 29.3 Å². The highest BCUT2D eigenvalue weighted by Crippen LogP contribution is 2.16. The summed E-state index contributed by atoms with van der Waals surface area (Å²) in [4.78, 5) is 23.7. The van der Waals surface area contributed by atoms with Crippen LogP contribution in [0, 0.1) is 13.8 Å². The molecule has 2 heterocycles. The summed E-state index contributed by atoms with van der Waals surface area (Å²) >= 11 is 1.71. The Kier molecular flexibility index (Phi) is 8.68. The average Bonchev–Trinajstić information content (AvgIpc) is 3.21. The largest absolute Gasteiger partial charge is 0.352 e. The van der Waals surface area contributed by atoms with Crippen LogP contribution in [0.2, 0.25) is 0 Å².